The molecule has 3 aromatic rings. The summed E-state index contributed by atoms with van der Waals surface area (Å²) in [7, 11) is 0. The van der Waals surface area contributed by atoms with Crippen molar-refractivity contribution in [1.29, 1.82) is 0 Å². The number of rotatable bonds is 4. The van der Waals surface area contributed by atoms with Gasteiger partial charge in [0.25, 0.3) is 5.91 Å². The summed E-state index contributed by atoms with van der Waals surface area (Å²) in [6.45, 7) is 3.50. The lowest BCUT2D eigenvalue weighted by atomic mass is 9.97. The topological polar surface area (TPSA) is 54.6 Å². The van der Waals surface area contributed by atoms with Gasteiger partial charge in [0.2, 0.25) is 0 Å². The SMILES string of the molecule is O=C(c1cc2n(n1)[C@@H](C(F)(F)F)C[C@H](c1ccc(Cl)cc1)N2)N1CC[NH+](Cc2ccccc2)CC1. The largest absolute Gasteiger partial charge is 0.410 e. The molecule has 1 aromatic heterocycles. The molecule has 35 heavy (non-hydrogen) atoms. The first kappa shape index (κ1) is 23.7. The van der Waals surface area contributed by atoms with Crippen LogP contribution in [0, 0.1) is 0 Å². The number of benzene rings is 2. The number of halogens is 4. The van der Waals surface area contributed by atoms with E-state index in [-0.39, 0.29) is 23.8 Å². The van der Waals surface area contributed by atoms with Gasteiger partial charge in [0.15, 0.2) is 11.7 Å². The molecule has 2 N–H and O–H groups in total. The molecule has 6 nitrogen and oxygen atoms in total. The van der Waals surface area contributed by atoms with E-state index in [4.69, 9.17) is 11.6 Å². The monoisotopic (exact) mass is 504 g/mol. The number of nitrogens with one attached hydrogen (secondary N) is 2. The number of hydrogen-bond acceptors (Lipinski definition) is 3. The summed E-state index contributed by atoms with van der Waals surface area (Å²) in [4.78, 5) is 16.2. The second kappa shape index (κ2) is 9.54. The van der Waals surface area contributed by atoms with Crippen molar-refractivity contribution in [3.05, 3.63) is 82.5 Å². The van der Waals surface area contributed by atoms with Crippen molar-refractivity contribution in [3.63, 3.8) is 0 Å². The Bertz CT molecular complexity index is 1170. The second-order valence-electron chi connectivity index (χ2n) is 9.11. The molecular formula is C25H26ClF3N5O+. The minimum atomic E-state index is -4.50. The van der Waals surface area contributed by atoms with E-state index in [0.29, 0.717) is 23.7 Å². The van der Waals surface area contributed by atoms with Gasteiger partial charge in [0.1, 0.15) is 12.4 Å². The van der Waals surface area contributed by atoms with Crippen LogP contribution in [0.15, 0.2) is 60.7 Å². The van der Waals surface area contributed by atoms with Gasteiger partial charge in [0, 0.05) is 23.1 Å². The maximum absolute atomic E-state index is 14.0. The minimum absolute atomic E-state index is 0.0324. The van der Waals surface area contributed by atoms with Crippen LogP contribution in [0.5, 0.6) is 0 Å². The van der Waals surface area contributed by atoms with Gasteiger partial charge >= 0.3 is 6.18 Å². The summed E-state index contributed by atoms with van der Waals surface area (Å²) >= 11 is 5.94. The molecule has 0 unspecified atom stereocenters. The van der Waals surface area contributed by atoms with Crippen molar-refractivity contribution in [2.45, 2.75) is 31.2 Å². The Morgan fingerprint density at radius 2 is 1.77 bits per heavy atom. The predicted octanol–water partition coefficient (Wildman–Crippen LogP) is 3.74. The fourth-order valence-electron chi connectivity index (χ4n) is 4.84. The number of piperazine rings is 1. The van der Waals surface area contributed by atoms with Gasteiger partial charge < -0.3 is 15.1 Å². The van der Waals surface area contributed by atoms with E-state index in [0.717, 1.165) is 24.3 Å². The van der Waals surface area contributed by atoms with Crippen LogP contribution in [-0.4, -0.2) is 52.9 Å². The number of fused-ring (bicyclic) bond motifs is 1. The highest BCUT2D eigenvalue weighted by Crippen LogP contribution is 2.43. The number of hydrogen-bond donors (Lipinski definition) is 2. The molecule has 0 spiro atoms. The van der Waals surface area contributed by atoms with Crippen molar-refractivity contribution in [3.8, 4) is 0 Å². The second-order valence-corrected chi connectivity index (χ2v) is 9.54. The number of carbonyl (C=O) groups excluding carboxylic acids is 1. The molecule has 2 atom stereocenters. The van der Waals surface area contributed by atoms with Crippen molar-refractivity contribution in [1.82, 2.24) is 14.7 Å². The molecule has 2 aliphatic heterocycles. The van der Waals surface area contributed by atoms with Crippen LogP contribution in [0.25, 0.3) is 0 Å². The third-order valence-corrected chi connectivity index (χ3v) is 6.99. The third-order valence-electron chi connectivity index (χ3n) is 6.74. The zero-order valence-electron chi connectivity index (χ0n) is 18.9. The highest BCUT2D eigenvalue weighted by molar-refractivity contribution is 6.30. The highest BCUT2D eigenvalue weighted by Gasteiger charge is 2.47. The number of carbonyl (C=O) groups is 1. The van der Waals surface area contributed by atoms with Crippen LogP contribution in [0.4, 0.5) is 19.0 Å². The van der Waals surface area contributed by atoms with Gasteiger partial charge in [-0.25, -0.2) is 4.68 Å². The minimum Gasteiger partial charge on any atom is -0.363 e. The first-order valence-electron chi connectivity index (χ1n) is 11.6. The molecule has 184 valence electrons. The van der Waals surface area contributed by atoms with Gasteiger partial charge in [-0.1, -0.05) is 54.1 Å². The molecule has 10 heteroatoms. The van der Waals surface area contributed by atoms with E-state index in [1.165, 1.54) is 16.5 Å². The molecule has 3 heterocycles. The van der Waals surface area contributed by atoms with Crippen molar-refractivity contribution >= 4 is 23.3 Å². The summed E-state index contributed by atoms with van der Waals surface area (Å²) in [6.07, 6.45) is -4.73. The van der Waals surface area contributed by atoms with Crippen LogP contribution in [-0.2, 0) is 6.54 Å². The van der Waals surface area contributed by atoms with Gasteiger partial charge in [-0.15, -0.1) is 0 Å². The number of nitrogens with zero attached hydrogens (tertiary/aromatic N) is 3. The van der Waals surface area contributed by atoms with Crippen molar-refractivity contribution < 1.29 is 22.9 Å². The standard InChI is InChI=1S/C25H25ClF3N5O/c26-19-8-6-18(7-9-19)20-14-22(25(27,28)29)34-23(30-20)15-21(31-34)24(35)33-12-10-32(11-13-33)16-17-4-2-1-3-5-17/h1-9,15,20,22,30H,10-14,16H2/p+1/t20-,22-/m1/s1. The van der Waals surface area contributed by atoms with E-state index >= 15 is 0 Å². The maximum atomic E-state index is 14.0. The van der Waals surface area contributed by atoms with E-state index in [1.807, 2.05) is 18.2 Å². The van der Waals surface area contributed by atoms with E-state index < -0.39 is 18.3 Å². The fourth-order valence-corrected chi connectivity index (χ4v) is 4.97. The van der Waals surface area contributed by atoms with Crippen molar-refractivity contribution in [2.24, 2.45) is 0 Å². The summed E-state index contributed by atoms with van der Waals surface area (Å²) < 4.78 is 42.8. The lowest BCUT2D eigenvalue weighted by Gasteiger charge is -2.33. The smallest absolute Gasteiger partial charge is 0.363 e. The molecule has 0 aliphatic carbocycles. The van der Waals surface area contributed by atoms with Gasteiger partial charge in [-0.05, 0) is 17.7 Å². The summed E-state index contributed by atoms with van der Waals surface area (Å²) in [5.41, 5.74) is 1.97. The normalized spacial score (nSPS) is 20.9. The molecule has 1 saturated heterocycles. The molecule has 1 amide bonds. The molecule has 5 rings (SSSR count). The van der Waals surface area contributed by atoms with Gasteiger partial charge in [0.05, 0.1) is 32.2 Å². The zero-order valence-corrected chi connectivity index (χ0v) is 19.7. The molecule has 0 saturated carbocycles. The average molecular weight is 505 g/mol. The van der Waals surface area contributed by atoms with E-state index in [2.05, 4.69) is 22.5 Å². The summed E-state index contributed by atoms with van der Waals surface area (Å²) in [5, 5.41) is 7.76. The Balaban J connectivity index is 1.30. The molecule has 2 aliphatic rings. The maximum Gasteiger partial charge on any atom is 0.410 e. The summed E-state index contributed by atoms with van der Waals surface area (Å²) in [6, 6.07) is 15.9. The van der Waals surface area contributed by atoms with Crippen LogP contribution in [0.2, 0.25) is 5.02 Å². The summed E-state index contributed by atoms with van der Waals surface area (Å²) in [5.74, 6) is -0.147. The Kier molecular flexibility index (Phi) is 6.46. The molecular weight excluding hydrogens is 479 g/mol. The molecule has 0 radical (unpaired) electrons. The van der Waals surface area contributed by atoms with E-state index in [9.17, 15) is 18.0 Å². The van der Waals surface area contributed by atoms with Gasteiger partial charge in [-0.2, -0.15) is 18.3 Å². The molecule has 2 aromatic carbocycles. The molecule has 1 fully saturated rings. The van der Waals surface area contributed by atoms with Crippen molar-refractivity contribution in [2.75, 3.05) is 31.5 Å². The van der Waals surface area contributed by atoms with Crippen LogP contribution in [0.3, 0.4) is 0 Å². The Hall–Kier alpha value is -3.04. The highest BCUT2D eigenvalue weighted by atomic mass is 35.5. The molecule has 0 bridgehead atoms. The Morgan fingerprint density at radius 1 is 1.09 bits per heavy atom. The first-order chi connectivity index (χ1) is 16.8. The first-order valence-corrected chi connectivity index (χ1v) is 12.0. The van der Waals surface area contributed by atoms with Crippen LogP contribution >= 0.6 is 11.6 Å². The number of alkyl halides is 3. The predicted molar refractivity (Wildman–Crippen MR) is 126 cm³/mol. The van der Waals surface area contributed by atoms with Gasteiger partial charge in [-0.3, -0.25) is 4.79 Å². The fraction of sp³-hybridized carbons (Fsp3) is 0.360. The Labute approximate surface area is 206 Å². The Morgan fingerprint density at radius 3 is 2.43 bits per heavy atom. The van der Waals surface area contributed by atoms with E-state index in [1.54, 1.807) is 29.2 Å². The number of amides is 1. The average Bonchev–Trinajstić information content (AvgIpc) is 3.28. The lowest BCUT2D eigenvalue weighted by molar-refractivity contribution is -0.917. The third kappa shape index (κ3) is 5.16. The quantitative estimate of drug-likeness (QED) is 0.569. The number of anilines is 1. The number of aromatic nitrogens is 2. The number of quaternary nitrogens is 1. The lowest BCUT2D eigenvalue weighted by Crippen LogP contribution is -3.13. The zero-order chi connectivity index (χ0) is 24.6. The van der Waals surface area contributed by atoms with Crippen LogP contribution < -0.4 is 10.2 Å². The van der Waals surface area contributed by atoms with Crippen LogP contribution in [0.1, 0.15) is 40.1 Å².